The zero-order valence-corrected chi connectivity index (χ0v) is 15.2. The molecule has 20 heavy (non-hydrogen) atoms. The monoisotopic (exact) mass is 389 g/mol. The van der Waals surface area contributed by atoms with Crippen LogP contribution in [-0.4, -0.2) is 12.3 Å². The van der Waals surface area contributed by atoms with Crippen molar-refractivity contribution in [3.63, 3.8) is 0 Å². The molecule has 0 aliphatic carbocycles. The van der Waals surface area contributed by atoms with Gasteiger partial charge in [0.2, 0.25) is 0 Å². The summed E-state index contributed by atoms with van der Waals surface area (Å²) in [5.74, 6) is 0.971. The van der Waals surface area contributed by atoms with Crippen LogP contribution in [0.3, 0.4) is 0 Å². The molecule has 0 saturated carbocycles. The molecule has 108 valence electrons. The summed E-state index contributed by atoms with van der Waals surface area (Å²) in [5.41, 5.74) is 1.34. The molecule has 0 fully saturated rings. The second kappa shape index (κ2) is 8.44. The molecule has 1 atom stereocenters. The van der Waals surface area contributed by atoms with Gasteiger partial charge in [-0.25, -0.2) is 0 Å². The average Bonchev–Trinajstić information content (AvgIpc) is 2.87. The van der Waals surface area contributed by atoms with Crippen molar-refractivity contribution in [1.29, 1.82) is 0 Å². The molecule has 1 nitrogen and oxygen atoms in total. The van der Waals surface area contributed by atoms with Crippen molar-refractivity contribution in [3.05, 3.63) is 50.1 Å². The highest BCUT2D eigenvalue weighted by Crippen LogP contribution is 2.33. The Balaban J connectivity index is 2.05. The van der Waals surface area contributed by atoms with Gasteiger partial charge in [0.05, 0.1) is 5.02 Å². The van der Waals surface area contributed by atoms with Crippen molar-refractivity contribution in [3.8, 4) is 0 Å². The SMILES string of the molecule is CCCNC(CSc1ccccc1Cl)c1cscc1Br. The fourth-order valence-electron chi connectivity index (χ4n) is 1.85. The van der Waals surface area contributed by atoms with E-state index in [1.54, 1.807) is 23.1 Å². The third kappa shape index (κ3) is 4.50. The predicted molar refractivity (Wildman–Crippen MR) is 95.2 cm³/mol. The smallest absolute Gasteiger partial charge is 0.0541 e. The number of halogens is 2. The molecule has 1 aromatic heterocycles. The Hall–Kier alpha value is -0.000000000000000111. The molecule has 0 radical (unpaired) electrons. The van der Waals surface area contributed by atoms with Crippen molar-refractivity contribution in [2.24, 2.45) is 0 Å². The maximum absolute atomic E-state index is 6.22. The molecular weight excluding hydrogens is 374 g/mol. The van der Waals surface area contributed by atoms with Crippen molar-refractivity contribution in [2.45, 2.75) is 24.3 Å². The zero-order valence-electron chi connectivity index (χ0n) is 11.2. The Labute approximate surface area is 142 Å². The lowest BCUT2D eigenvalue weighted by molar-refractivity contribution is 0.577. The molecule has 0 aliphatic heterocycles. The minimum absolute atomic E-state index is 0.344. The first-order valence-corrected chi connectivity index (χ1v) is 9.64. The van der Waals surface area contributed by atoms with Gasteiger partial charge in [0.25, 0.3) is 0 Å². The number of thiophene rings is 1. The number of benzene rings is 1. The van der Waals surface area contributed by atoms with Crippen molar-refractivity contribution in [2.75, 3.05) is 12.3 Å². The molecule has 2 aromatic rings. The fourth-order valence-corrected chi connectivity index (χ4v) is 4.80. The predicted octanol–water partition coefficient (Wildman–Crippen LogP) is 6.00. The van der Waals surface area contributed by atoms with E-state index in [1.165, 1.54) is 10.0 Å². The largest absolute Gasteiger partial charge is 0.309 e. The Bertz CT molecular complexity index is 544. The average molecular weight is 391 g/mol. The highest BCUT2D eigenvalue weighted by atomic mass is 79.9. The van der Waals surface area contributed by atoms with E-state index in [-0.39, 0.29) is 0 Å². The van der Waals surface area contributed by atoms with Crippen molar-refractivity contribution in [1.82, 2.24) is 5.32 Å². The first-order chi connectivity index (χ1) is 9.72. The minimum Gasteiger partial charge on any atom is -0.309 e. The molecule has 1 aromatic carbocycles. The molecule has 0 bridgehead atoms. The van der Waals surface area contributed by atoms with E-state index < -0.39 is 0 Å². The lowest BCUT2D eigenvalue weighted by atomic mass is 10.2. The summed E-state index contributed by atoms with van der Waals surface area (Å²) in [7, 11) is 0. The van der Waals surface area contributed by atoms with Crippen LogP contribution in [0.5, 0.6) is 0 Å². The summed E-state index contributed by atoms with van der Waals surface area (Å²) >= 11 is 13.4. The van der Waals surface area contributed by atoms with Crippen LogP contribution < -0.4 is 5.32 Å². The van der Waals surface area contributed by atoms with Crippen molar-refractivity contribution < 1.29 is 0 Å². The Morgan fingerprint density at radius 1 is 1.35 bits per heavy atom. The highest BCUT2D eigenvalue weighted by Gasteiger charge is 2.15. The van der Waals surface area contributed by atoms with Crippen LogP contribution in [0.4, 0.5) is 0 Å². The van der Waals surface area contributed by atoms with E-state index in [9.17, 15) is 0 Å². The molecule has 1 heterocycles. The van der Waals surface area contributed by atoms with Gasteiger partial charge in [-0.15, -0.1) is 11.8 Å². The Morgan fingerprint density at radius 3 is 2.80 bits per heavy atom. The third-order valence-corrected chi connectivity index (χ3v) is 6.26. The highest BCUT2D eigenvalue weighted by molar-refractivity contribution is 9.10. The summed E-state index contributed by atoms with van der Waals surface area (Å²) < 4.78 is 1.19. The summed E-state index contributed by atoms with van der Waals surface area (Å²) in [6, 6.07) is 8.36. The Morgan fingerprint density at radius 2 is 2.15 bits per heavy atom. The van der Waals surface area contributed by atoms with Gasteiger partial charge in [-0.2, -0.15) is 11.3 Å². The van der Waals surface area contributed by atoms with Crippen LogP contribution in [0.15, 0.2) is 44.4 Å². The second-order valence-electron chi connectivity index (χ2n) is 4.42. The molecular formula is C15H17BrClNS2. The van der Waals surface area contributed by atoms with E-state index in [1.807, 2.05) is 18.2 Å². The van der Waals surface area contributed by atoms with E-state index in [0.717, 1.165) is 28.6 Å². The van der Waals surface area contributed by atoms with Gasteiger partial charge in [0, 0.05) is 26.5 Å². The standard InChI is InChI=1S/C15H17BrClNS2/c1-2-7-18-14(11-8-19-9-12(11)16)10-20-15-6-4-3-5-13(15)17/h3-6,8-9,14,18H,2,7,10H2,1H3. The molecule has 0 amide bonds. The lowest BCUT2D eigenvalue weighted by Gasteiger charge is -2.18. The number of rotatable bonds is 7. The van der Waals surface area contributed by atoms with Gasteiger partial charge in [0.15, 0.2) is 0 Å². The van der Waals surface area contributed by atoms with Crippen LogP contribution in [0.2, 0.25) is 5.02 Å². The van der Waals surface area contributed by atoms with E-state index in [2.05, 4.69) is 45.0 Å². The van der Waals surface area contributed by atoms with Crippen LogP contribution in [0.25, 0.3) is 0 Å². The maximum Gasteiger partial charge on any atom is 0.0541 e. The molecule has 5 heteroatoms. The van der Waals surface area contributed by atoms with Gasteiger partial charge in [0.1, 0.15) is 0 Å². The number of hydrogen-bond acceptors (Lipinski definition) is 3. The van der Waals surface area contributed by atoms with Crippen LogP contribution in [0.1, 0.15) is 24.9 Å². The second-order valence-corrected chi connectivity index (χ2v) is 7.49. The maximum atomic E-state index is 6.22. The number of nitrogens with one attached hydrogen (secondary N) is 1. The van der Waals surface area contributed by atoms with Crippen LogP contribution in [0, 0.1) is 0 Å². The van der Waals surface area contributed by atoms with Gasteiger partial charge in [-0.1, -0.05) is 30.7 Å². The van der Waals surface area contributed by atoms with E-state index in [0.29, 0.717) is 6.04 Å². The van der Waals surface area contributed by atoms with Gasteiger partial charge in [-0.3, -0.25) is 0 Å². The van der Waals surface area contributed by atoms with Crippen LogP contribution in [-0.2, 0) is 0 Å². The summed E-state index contributed by atoms with van der Waals surface area (Å²) in [6.07, 6.45) is 1.13. The molecule has 0 aliphatic rings. The first-order valence-electron chi connectivity index (χ1n) is 6.54. The fraction of sp³-hybridized carbons (Fsp3) is 0.333. The summed E-state index contributed by atoms with van der Waals surface area (Å²) in [6.45, 7) is 3.21. The first kappa shape index (κ1) is 16.4. The van der Waals surface area contributed by atoms with E-state index >= 15 is 0 Å². The molecule has 1 N–H and O–H groups in total. The van der Waals surface area contributed by atoms with Gasteiger partial charge >= 0.3 is 0 Å². The number of hydrogen-bond donors (Lipinski definition) is 1. The molecule has 1 unspecified atom stereocenters. The number of thioether (sulfide) groups is 1. The van der Waals surface area contributed by atoms with Gasteiger partial charge in [-0.05, 0) is 52.0 Å². The normalized spacial score (nSPS) is 12.6. The third-order valence-electron chi connectivity index (χ3n) is 2.90. The minimum atomic E-state index is 0.344. The van der Waals surface area contributed by atoms with Gasteiger partial charge < -0.3 is 5.32 Å². The zero-order chi connectivity index (χ0) is 14.4. The molecule has 0 saturated heterocycles. The summed E-state index contributed by atoms with van der Waals surface area (Å²) in [4.78, 5) is 1.14. The lowest BCUT2D eigenvalue weighted by Crippen LogP contribution is -2.24. The molecule has 2 rings (SSSR count). The quantitative estimate of drug-likeness (QED) is 0.582. The Kier molecular flexibility index (Phi) is 6.91. The molecule has 0 spiro atoms. The van der Waals surface area contributed by atoms with Crippen molar-refractivity contribution >= 4 is 50.6 Å². The summed E-state index contributed by atoms with van der Waals surface area (Å²) in [5, 5.41) is 8.79. The topological polar surface area (TPSA) is 12.0 Å². The van der Waals surface area contributed by atoms with E-state index in [4.69, 9.17) is 11.6 Å². The van der Waals surface area contributed by atoms with Crippen LogP contribution >= 0.6 is 50.6 Å².